The first-order valence-corrected chi connectivity index (χ1v) is 11.2. The fraction of sp³-hybridized carbons (Fsp3) is 1.00. The molecule has 0 spiro atoms. The van der Waals surface area contributed by atoms with Gasteiger partial charge in [-0.1, -0.05) is 81.6 Å². The van der Waals surface area contributed by atoms with E-state index in [0.717, 1.165) is 65.1 Å². The Balaban J connectivity index is 2.27. The molecule has 0 N–H and O–H groups in total. The van der Waals surface area contributed by atoms with Gasteiger partial charge in [0.1, 0.15) is 0 Å². The lowest BCUT2D eigenvalue weighted by Crippen LogP contribution is -2.51. The third kappa shape index (κ3) is 3.88. The highest BCUT2D eigenvalue weighted by Crippen LogP contribution is 2.57. The molecule has 2 rings (SSSR count). The maximum atomic E-state index is 2.58. The summed E-state index contributed by atoms with van der Waals surface area (Å²) >= 11 is 0. The minimum Gasteiger partial charge on any atom is -0.0625 e. The van der Waals surface area contributed by atoms with Gasteiger partial charge in [0, 0.05) is 0 Å². The monoisotopic (exact) mass is 334 g/mol. The normalized spacial score (nSPS) is 33.2. The van der Waals surface area contributed by atoms with Crippen LogP contribution in [0.15, 0.2) is 0 Å². The number of hydrogen-bond acceptors (Lipinski definition) is 0. The van der Waals surface area contributed by atoms with Crippen LogP contribution in [-0.2, 0) is 0 Å². The van der Waals surface area contributed by atoms with Gasteiger partial charge in [0.2, 0.25) is 0 Å². The van der Waals surface area contributed by atoms with Gasteiger partial charge >= 0.3 is 0 Å². The van der Waals surface area contributed by atoms with Crippen molar-refractivity contribution < 1.29 is 0 Å². The number of hydrogen-bond donors (Lipinski definition) is 0. The summed E-state index contributed by atoms with van der Waals surface area (Å²) in [5, 5.41) is 0. The van der Waals surface area contributed by atoms with Gasteiger partial charge in [-0.3, -0.25) is 0 Å². The van der Waals surface area contributed by atoms with Crippen molar-refractivity contribution >= 4 is 0 Å². The van der Waals surface area contributed by atoms with Gasteiger partial charge in [-0.2, -0.15) is 0 Å². The largest absolute Gasteiger partial charge is 0.0625 e. The van der Waals surface area contributed by atoms with Crippen molar-refractivity contribution in [3.63, 3.8) is 0 Å². The van der Waals surface area contributed by atoms with Crippen LogP contribution in [0.5, 0.6) is 0 Å². The van der Waals surface area contributed by atoms with E-state index >= 15 is 0 Å². The highest BCUT2D eigenvalue weighted by atomic mass is 14.6. The Hall–Kier alpha value is 0. The second-order valence-electron chi connectivity index (χ2n) is 10.8. The minimum atomic E-state index is 0.827. The summed E-state index contributed by atoms with van der Waals surface area (Å²) in [6.07, 6.45) is 6.00. The zero-order chi connectivity index (χ0) is 18.2. The van der Waals surface area contributed by atoms with Gasteiger partial charge in [-0.15, -0.1) is 0 Å². The summed E-state index contributed by atoms with van der Waals surface area (Å²) in [5.74, 6) is 10.1. The van der Waals surface area contributed by atoms with Crippen molar-refractivity contribution in [2.24, 2.45) is 65.1 Å². The molecule has 0 aromatic heterocycles. The predicted molar refractivity (Wildman–Crippen MR) is 108 cm³/mol. The van der Waals surface area contributed by atoms with E-state index in [1.807, 2.05) is 0 Å². The predicted octanol–water partition coefficient (Wildman–Crippen LogP) is 7.53. The zero-order valence-electron chi connectivity index (χ0n) is 18.2. The van der Waals surface area contributed by atoms with Gasteiger partial charge in [0.05, 0.1) is 0 Å². The molecule has 0 aromatic rings. The summed E-state index contributed by atoms with van der Waals surface area (Å²) in [4.78, 5) is 0. The van der Waals surface area contributed by atoms with Crippen molar-refractivity contribution in [1.82, 2.24) is 0 Å². The SMILES string of the molecule is CC(C)C(C)C1CC(C)C1C(C(C)C)C(C1CCC1)C(C)C(C)C. The van der Waals surface area contributed by atoms with Gasteiger partial charge in [0.25, 0.3) is 0 Å². The van der Waals surface area contributed by atoms with Crippen molar-refractivity contribution in [3.05, 3.63) is 0 Å². The molecule has 2 aliphatic carbocycles. The molecule has 0 nitrogen and oxygen atoms in total. The van der Waals surface area contributed by atoms with Crippen LogP contribution in [0.1, 0.15) is 88.0 Å². The highest BCUT2D eigenvalue weighted by Gasteiger charge is 2.51. The van der Waals surface area contributed by atoms with E-state index in [0.29, 0.717) is 0 Å². The first kappa shape index (κ1) is 20.3. The highest BCUT2D eigenvalue weighted by molar-refractivity contribution is 4.99. The van der Waals surface area contributed by atoms with E-state index in [1.54, 1.807) is 0 Å². The van der Waals surface area contributed by atoms with Crippen molar-refractivity contribution in [2.45, 2.75) is 88.0 Å². The summed E-state index contributed by atoms with van der Waals surface area (Å²) in [6, 6.07) is 0. The van der Waals surface area contributed by atoms with Crippen LogP contribution in [0.3, 0.4) is 0 Å². The lowest BCUT2D eigenvalue weighted by atomic mass is 9.48. The van der Waals surface area contributed by atoms with E-state index in [9.17, 15) is 0 Å². The minimum absolute atomic E-state index is 0.827. The second kappa shape index (κ2) is 8.13. The molecule has 0 radical (unpaired) electrons. The molecule has 0 amide bonds. The van der Waals surface area contributed by atoms with E-state index < -0.39 is 0 Å². The average Bonchev–Trinajstić information content (AvgIpc) is 2.43. The van der Waals surface area contributed by atoms with E-state index in [2.05, 4.69) is 62.3 Å². The molecule has 0 bridgehead atoms. The lowest BCUT2D eigenvalue weighted by molar-refractivity contribution is -0.0892. The van der Waals surface area contributed by atoms with E-state index in [1.165, 1.54) is 25.7 Å². The first-order valence-electron chi connectivity index (χ1n) is 11.2. The molecule has 0 heterocycles. The molecular weight excluding hydrogens is 288 g/mol. The van der Waals surface area contributed by atoms with Gasteiger partial charge < -0.3 is 0 Å². The molecule has 7 unspecified atom stereocenters. The van der Waals surface area contributed by atoms with Crippen LogP contribution in [-0.4, -0.2) is 0 Å². The quantitative estimate of drug-likeness (QED) is 0.430. The fourth-order valence-electron chi connectivity index (χ4n) is 6.20. The molecule has 0 heteroatoms. The summed E-state index contributed by atoms with van der Waals surface area (Å²) in [7, 11) is 0. The van der Waals surface area contributed by atoms with Crippen molar-refractivity contribution in [1.29, 1.82) is 0 Å². The Labute approximate surface area is 153 Å². The zero-order valence-corrected chi connectivity index (χ0v) is 18.2. The third-order valence-electron chi connectivity index (χ3n) is 8.53. The summed E-state index contributed by atoms with van der Waals surface area (Å²) in [5.41, 5.74) is 0. The molecule has 7 atom stereocenters. The molecule has 2 saturated carbocycles. The van der Waals surface area contributed by atoms with Gasteiger partial charge in [-0.05, 0) is 71.5 Å². The molecule has 24 heavy (non-hydrogen) atoms. The first-order chi connectivity index (χ1) is 11.2. The Morgan fingerprint density at radius 3 is 1.62 bits per heavy atom. The molecule has 0 aliphatic heterocycles. The lowest BCUT2D eigenvalue weighted by Gasteiger charge is -2.57. The van der Waals surface area contributed by atoms with E-state index in [4.69, 9.17) is 0 Å². The molecule has 2 aliphatic rings. The molecular formula is C24H46. The van der Waals surface area contributed by atoms with Crippen LogP contribution in [0, 0.1) is 65.1 Å². The Bertz CT molecular complexity index is 375. The summed E-state index contributed by atoms with van der Waals surface area (Å²) in [6.45, 7) is 22.5. The van der Waals surface area contributed by atoms with Gasteiger partial charge in [0.15, 0.2) is 0 Å². The van der Waals surface area contributed by atoms with Crippen LogP contribution < -0.4 is 0 Å². The molecule has 0 saturated heterocycles. The Morgan fingerprint density at radius 1 is 0.708 bits per heavy atom. The van der Waals surface area contributed by atoms with Crippen LogP contribution in [0.2, 0.25) is 0 Å². The third-order valence-corrected chi connectivity index (χ3v) is 8.53. The Kier molecular flexibility index (Phi) is 6.88. The maximum absolute atomic E-state index is 2.58. The molecule has 142 valence electrons. The maximum Gasteiger partial charge on any atom is -0.0323 e. The fourth-order valence-corrected chi connectivity index (χ4v) is 6.20. The second-order valence-corrected chi connectivity index (χ2v) is 10.8. The standard InChI is InChI=1S/C24H46/c1-14(2)18(8)21-13-17(7)23(21)22(16(5)6)24(19(9)15(3)4)20-11-10-12-20/h14-24H,10-13H2,1-9H3. The Morgan fingerprint density at radius 2 is 1.29 bits per heavy atom. The molecule has 0 aromatic carbocycles. The van der Waals surface area contributed by atoms with Crippen LogP contribution >= 0.6 is 0 Å². The van der Waals surface area contributed by atoms with Crippen LogP contribution in [0.4, 0.5) is 0 Å². The average molecular weight is 335 g/mol. The van der Waals surface area contributed by atoms with E-state index in [-0.39, 0.29) is 0 Å². The number of rotatable bonds is 8. The van der Waals surface area contributed by atoms with Crippen LogP contribution in [0.25, 0.3) is 0 Å². The van der Waals surface area contributed by atoms with Gasteiger partial charge in [-0.25, -0.2) is 0 Å². The topological polar surface area (TPSA) is 0 Å². The molecule has 2 fully saturated rings. The smallest absolute Gasteiger partial charge is 0.0323 e. The van der Waals surface area contributed by atoms with Crippen molar-refractivity contribution in [2.75, 3.05) is 0 Å². The summed E-state index contributed by atoms with van der Waals surface area (Å²) < 4.78 is 0. The van der Waals surface area contributed by atoms with Crippen molar-refractivity contribution in [3.8, 4) is 0 Å².